The molecule has 0 saturated carbocycles. The number of hydrogen-bond donors (Lipinski definition) is 1. The van der Waals surface area contributed by atoms with Gasteiger partial charge in [0.15, 0.2) is 0 Å². The predicted molar refractivity (Wildman–Crippen MR) is 94.7 cm³/mol. The molecule has 0 aliphatic heterocycles. The zero-order valence-electron chi connectivity index (χ0n) is 14.7. The van der Waals surface area contributed by atoms with Crippen molar-refractivity contribution in [2.75, 3.05) is 14.1 Å². The number of fused-ring (bicyclic) bond motifs is 1. The Morgan fingerprint density at radius 1 is 1.29 bits per heavy atom. The lowest BCUT2D eigenvalue weighted by atomic mass is 9.92. The lowest BCUT2D eigenvalue weighted by Crippen LogP contribution is -2.58. The number of amides is 1. The van der Waals surface area contributed by atoms with E-state index in [-0.39, 0.29) is 11.9 Å². The van der Waals surface area contributed by atoms with Crippen molar-refractivity contribution in [3.63, 3.8) is 0 Å². The maximum absolute atomic E-state index is 13.1. The summed E-state index contributed by atoms with van der Waals surface area (Å²) in [6.45, 7) is 2.87. The molecule has 1 N–H and O–H groups in total. The van der Waals surface area contributed by atoms with Gasteiger partial charge in [0.2, 0.25) is 5.91 Å². The van der Waals surface area contributed by atoms with Crippen LogP contribution in [0.5, 0.6) is 0 Å². The molecule has 0 radical (unpaired) electrons. The third-order valence-electron chi connectivity index (χ3n) is 5.09. The Morgan fingerprint density at radius 3 is 2.50 bits per heavy atom. The smallest absolute Gasteiger partial charge is 0.241 e. The second kappa shape index (κ2) is 6.77. The summed E-state index contributed by atoms with van der Waals surface area (Å²) in [5.74, 6) is 0.122. The Kier molecular flexibility index (Phi) is 4.71. The molecule has 128 valence electrons. The van der Waals surface area contributed by atoms with Crippen molar-refractivity contribution in [2.45, 2.75) is 44.3 Å². The second-order valence-electron chi connectivity index (χ2n) is 6.98. The second-order valence-corrected chi connectivity index (χ2v) is 6.98. The van der Waals surface area contributed by atoms with Gasteiger partial charge in [-0.2, -0.15) is 5.10 Å². The van der Waals surface area contributed by atoms with Gasteiger partial charge in [0.1, 0.15) is 5.54 Å². The van der Waals surface area contributed by atoms with Crippen LogP contribution in [0.25, 0.3) is 0 Å². The predicted octanol–water partition coefficient (Wildman–Crippen LogP) is 1.88. The molecule has 0 fully saturated rings. The van der Waals surface area contributed by atoms with Crippen molar-refractivity contribution in [3.05, 3.63) is 53.9 Å². The van der Waals surface area contributed by atoms with E-state index < -0.39 is 5.54 Å². The summed E-state index contributed by atoms with van der Waals surface area (Å²) in [7, 11) is 4.00. The van der Waals surface area contributed by atoms with Crippen molar-refractivity contribution in [1.82, 2.24) is 20.0 Å². The summed E-state index contributed by atoms with van der Waals surface area (Å²) in [6.07, 6.45) is 6.13. The molecule has 5 heteroatoms. The lowest BCUT2D eigenvalue weighted by Gasteiger charge is -2.35. The summed E-state index contributed by atoms with van der Waals surface area (Å²) >= 11 is 0. The number of carbonyl (C=O) groups excluding carboxylic acids is 1. The number of rotatable bonds is 6. The summed E-state index contributed by atoms with van der Waals surface area (Å²) in [5.41, 5.74) is 2.08. The van der Waals surface area contributed by atoms with E-state index in [2.05, 4.69) is 46.5 Å². The Bertz CT molecular complexity index is 668. The third kappa shape index (κ3) is 3.22. The van der Waals surface area contributed by atoms with Crippen LogP contribution in [0.4, 0.5) is 0 Å². The first-order valence-corrected chi connectivity index (χ1v) is 8.54. The van der Waals surface area contributed by atoms with Gasteiger partial charge < -0.3 is 5.32 Å². The van der Waals surface area contributed by atoms with Crippen LogP contribution in [-0.2, 0) is 24.2 Å². The quantitative estimate of drug-likeness (QED) is 0.882. The standard InChI is InChI=1S/C19H26N4O/c1-15(9-12-23-11-6-10-20-23)21-18(24)19(22(2)3)13-16-7-4-5-8-17(16)14-19/h4-8,10-11,15H,9,12-14H2,1-3H3,(H,21,24)/t15-/m1/s1. The van der Waals surface area contributed by atoms with Crippen LogP contribution < -0.4 is 5.32 Å². The zero-order chi connectivity index (χ0) is 17.2. The molecule has 1 aromatic heterocycles. The molecule has 24 heavy (non-hydrogen) atoms. The first-order chi connectivity index (χ1) is 11.5. The molecule has 0 unspecified atom stereocenters. The van der Waals surface area contributed by atoms with Gasteiger partial charge in [0.25, 0.3) is 0 Å². The van der Waals surface area contributed by atoms with E-state index in [1.165, 1.54) is 11.1 Å². The molecule has 1 heterocycles. The molecule has 0 saturated heterocycles. The molecule has 3 rings (SSSR count). The Labute approximate surface area is 143 Å². The number of aryl methyl sites for hydroxylation is 1. The summed E-state index contributed by atoms with van der Waals surface area (Å²) in [6, 6.07) is 10.4. The fourth-order valence-corrected chi connectivity index (χ4v) is 3.46. The van der Waals surface area contributed by atoms with Crippen LogP contribution in [0.1, 0.15) is 24.5 Å². The van der Waals surface area contributed by atoms with Crippen molar-refractivity contribution < 1.29 is 4.79 Å². The van der Waals surface area contributed by atoms with Crippen molar-refractivity contribution in [2.24, 2.45) is 0 Å². The topological polar surface area (TPSA) is 50.2 Å². The zero-order valence-corrected chi connectivity index (χ0v) is 14.7. The van der Waals surface area contributed by atoms with E-state index in [0.29, 0.717) is 0 Å². The van der Waals surface area contributed by atoms with Gasteiger partial charge in [-0.25, -0.2) is 0 Å². The first-order valence-electron chi connectivity index (χ1n) is 8.54. The van der Waals surface area contributed by atoms with Crippen LogP contribution in [0.15, 0.2) is 42.7 Å². The molecule has 0 spiro atoms. The SMILES string of the molecule is C[C@H](CCn1cccn1)NC(=O)C1(N(C)C)Cc2ccccc2C1. The normalized spacial score (nSPS) is 16.8. The van der Waals surface area contributed by atoms with Crippen LogP contribution in [-0.4, -0.2) is 46.3 Å². The first kappa shape index (κ1) is 16.7. The number of aromatic nitrogens is 2. The van der Waals surface area contributed by atoms with Gasteiger partial charge in [-0.1, -0.05) is 24.3 Å². The average molecular weight is 326 g/mol. The van der Waals surface area contributed by atoms with E-state index in [0.717, 1.165) is 25.8 Å². The minimum absolute atomic E-state index is 0.113. The Hall–Kier alpha value is -2.14. The van der Waals surface area contributed by atoms with Crippen LogP contribution in [0.3, 0.4) is 0 Å². The number of nitrogens with zero attached hydrogens (tertiary/aromatic N) is 3. The molecule has 5 nitrogen and oxygen atoms in total. The summed E-state index contributed by atoms with van der Waals surface area (Å²) in [5, 5.41) is 7.43. The minimum Gasteiger partial charge on any atom is -0.352 e. The van der Waals surface area contributed by atoms with E-state index in [1.54, 1.807) is 6.20 Å². The van der Waals surface area contributed by atoms with Gasteiger partial charge in [0.05, 0.1) is 0 Å². The molecule has 1 aromatic carbocycles. The molecule has 1 aliphatic carbocycles. The number of carbonyl (C=O) groups is 1. The molecule has 1 atom stereocenters. The number of benzene rings is 1. The maximum Gasteiger partial charge on any atom is 0.241 e. The van der Waals surface area contributed by atoms with Crippen LogP contribution in [0.2, 0.25) is 0 Å². The van der Waals surface area contributed by atoms with Crippen LogP contribution >= 0.6 is 0 Å². The van der Waals surface area contributed by atoms with Gasteiger partial charge in [-0.05, 0) is 44.6 Å². The highest BCUT2D eigenvalue weighted by Crippen LogP contribution is 2.33. The Morgan fingerprint density at radius 2 is 1.96 bits per heavy atom. The van der Waals surface area contributed by atoms with Crippen LogP contribution in [0, 0.1) is 0 Å². The van der Waals surface area contributed by atoms with Gasteiger partial charge in [-0.15, -0.1) is 0 Å². The monoisotopic (exact) mass is 326 g/mol. The molecule has 2 aromatic rings. The highest BCUT2D eigenvalue weighted by Gasteiger charge is 2.45. The number of nitrogens with one attached hydrogen (secondary N) is 1. The van der Waals surface area contributed by atoms with E-state index >= 15 is 0 Å². The molecular weight excluding hydrogens is 300 g/mol. The Balaban J connectivity index is 1.65. The maximum atomic E-state index is 13.1. The van der Waals surface area contributed by atoms with Gasteiger partial charge in [-0.3, -0.25) is 14.4 Å². The van der Waals surface area contributed by atoms with Gasteiger partial charge in [0, 0.05) is 37.8 Å². The number of likely N-dealkylation sites (N-methyl/N-ethyl adjacent to an activating group) is 1. The fourth-order valence-electron chi connectivity index (χ4n) is 3.46. The highest BCUT2D eigenvalue weighted by atomic mass is 16.2. The van der Waals surface area contributed by atoms with E-state index in [9.17, 15) is 4.79 Å². The summed E-state index contributed by atoms with van der Waals surface area (Å²) < 4.78 is 1.90. The molecular formula is C19H26N4O. The highest BCUT2D eigenvalue weighted by molar-refractivity contribution is 5.88. The molecule has 1 amide bonds. The van der Waals surface area contributed by atoms with Crippen molar-refractivity contribution >= 4 is 5.91 Å². The molecule has 1 aliphatic rings. The van der Waals surface area contributed by atoms with Crippen molar-refractivity contribution in [3.8, 4) is 0 Å². The minimum atomic E-state index is -0.482. The average Bonchev–Trinajstić information content (AvgIpc) is 3.20. The number of hydrogen-bond acceptors (Lipinski definition) is 3. The summed E-state index contributed by atoms with van der Waals surface area (Å²) in [4.78, 5) is 15.1. The molecule has 0 bridgehead atoms. The fraction of sp³-hybridized carbons (Fsp3) is 0.474. The lowest BCUT2D eigenvalue weighted by molar-refractivity contribution is -0.132. The van der Waals surface area contributed by atoms with Gasteiger partial charge >= 0.3 is 0 Å². The van der Waals surface area contributed by atoms with Crippen molar-refractivity contribution in [1.29, 1.82) is 0 Å². The van der Waals surface area contributed by atoms with E-state index in [1.807, 2.05) is 31.0 Å². The van der Waals surface area contributed by atoms with E-state index in [4.69, 9.17) is 0 Å². The third-order valence-corrected chi connectivity index (χ3v) is 5.09. The largest absolute Gasteiger partial charge is 0.352 e.